The van der Waals surface area contributed by atoms with Gasteiger partial charge in [0, 0.05) is 50.7 Å². The van der Waals surface area contributed by atoms with Crippen molar-refractivity contribution < 1.29 is 19.4 Å². The van der Waals surface area contributed by atoms with Gasteiger partial charge in [-0.15, -0.1) is 0 Å². The number of nitrogens with two attached hydrogens (primary N) is 1. The molecule has 0 aliphatic carbocycles. The number of para-hydroxylation sites is 1. The smallest absolute Gasteiger partial charge is 0.246 e. The number of nitrogen functional groups attached to an aromatic ring is 1. The zero-order valence-corrected chi connectivity index (χ0v) is 25.6. The molecule has 2 aromatic carbocycles. The lowest BCUT2D eigenvalue weighted by Gasteiger charge is -2.34. The SMILES string of the molecule is CN(C)C/C=C/C(=O)N1CCC(O)(C#Cc2c(-c3ccc(Oc4ccccc4)cc3)c3c(N)ncnc3n2C2CCOC2)CC1. The van der Waals surface area contributed by atoms with E-state index in [0.29, 0.717) is 74.0 Å². The number of hydrogen-bond acceptors (Lipinski definition) is 8. The van der Waals surface area contributed by atoms with Crippen molar-refractivity contribution in [1.29, 1.82) is 0 Å². The van der Waals surface area contributed by atoms with E-state index >= 15 is 0 Å². The van der Waals surface area contributed by atoms with E-state index in [1.54, 1.807) is 11.0 Å². The summed E-state index contributed by atoms with van der Waals surface area (Å²) in [5.74, 6) is 8.30. The summed E-state index contributed by atoms with van der Waals surface area (Å²) in [6, 6.07) is 17.4. The summed E-state index contributed by atoms with van der Waals surface area (Å²) < 4.78 is 13.9. The highest BCUT2D eigenvalue weighted by Crippen LogP contribution is 2.40. The van der Waals surface area contributed by atoms with Crippen molar-refractivity contribution in [3.8, 4) is 34.5 Å². The number of benzene rings is 2. The van der Waals surface area contributed by atoms with Gasteiger partial charge in [0.25, 0.3) is 0 Å². The molecule has 6 rings (SSSR count). The molecule has 1 amide bonds. The Morgan fingerprint density at radius 2 is 1.87 bits per heavy atom. The second-order valence-electron chi connectivity index (χ2n) is 11.8. The largest absolute Gasteiger partial charge is 0.457 e. The number of aromatic nitrogens is 3. The number of nitrogens with zero attached hydrogens (tertiary/aromatic N) is 5. The maximum absolute atomic E-state index is 12.7. The predicted octanol–water partition coefficient (Wildman–Crippen LogP) is 4.26. The number of rotatable bonds is 7. The average Bonchev–Trinajstić information content (AvgIpc) is 3.68. The molecule has 2 saturated heterocycles. The number of piperidine rings is 1. The van der Waals surface area contributed by atoms with Crippen LogP contribution in [0.5, 0.6) is 11.5 Å². The minimum absolute atomic E-state index is 0.00333. The van der Waals surface area contributed by atoms with E-state index in [0.717, 1.165) is 23.3 Å². The minimum Gasteiger partial charge on any atom is -0.457 e. The van der Waals surface area contributed by atoms with Crippen LogP contribution in [0.4, 0.5) is 5.82 Å². The Kier molecular flexibility index (Phi) is 8.85. The standard InChI is InChI=1S/C35H38N6O4/c1-39(2)19-6-9-30(42)40-20-17-35(43,18-21-40)16-14-29-31(25-10-12-28(13-11-25)45-27-7-4-3-5-8-27)32-33(36)37-24-38-34(32)41(29)26-15-22-44-23-26/h3-13,24,26,43H,15,17-23H2,1-2H3,(H2,36,37,38)/b9-6+. The van der Waals surface area contributed by atoms with Crippen molar-refractivity contribution in [2.24, 2.45) is 0 Å². The van der Waals surface area contributed by atoms with Crippen molar-refractivity contribution in [2.75, 3.05) is 52.7 Å². The lowest BCUT2D eigenvalue weighted by molar-refractivity contribution is -0.128. The normalized spacial score (nSPS) is 18.0. The number of likely N-dealkylation sites (N-methyl/N-ethyl adjacent to an activating group) is 1. The molecular weight excluding hydrogens is 568 g/mol. The molecular formula is C35H38N6O4. The minimum atomic E-state index is -1.25. The Balaban J connectivity index is 1.35. The van der Waals surface area contributed by atoms with Crippen LogP contribution in [0.25, 0.3) is 22.2 Å². The molecule has 0 saturated carbocycles. The van der Waals surface area contributed by atoms with Gasteiger partial charge >= 0.3 is 0 Å². The quantitative estimate of drug-likeness (QED) is 0.237. The molecule has 1 unspecified atom stereocenters. The van der Waals surface area contributed by atoms with Crippen LogP contribution < -0.4 is 10.5 Å². The molecule has 2 fully saturated rings. The molecule has 2 aliphatic heterocycles. The van der Waals surface area contributed by atoms with Crippen LogP contribution in [0.2, 0.25) is 0 Å². The lowest BCUT2D eigenvalue weighted by Crippen LogP contribution is -2.45. The molecule has 45 heavy (non-hydrogen) atoms. The molecule has 0 bridgehead atoms. The van der Waals surface area contributed by atoms with Crippen LogP contribution in [0, 0.1) is 11.8 Å². The Labute approximate surface area is 263 Å². The highest BCUT2D eigenvalue weighted by molar-refractivity contribution is 6.03. The zero-order chi connectivity index (χ0) is 31.4. The summed E-state index contributed by atoms with van der Waals surface area (Å²) >= 11 is 0. The molecule has 2 aliphatic rings. The van der Waals surface area contributed by atoms with Gasteiger partial charge in [0.05, 0.1) is 18.0 Å². The summed E-state index contributed by atoms with van der Waals surface area (Å²) in [4.78, 5) is 25.4. The van der Waals surface area contributed by atoms with Crippen LogP contribution in [-0.4, -0.2) is 87.9 Å². The first-order chi connectivity index (χ1) is 21.8. The summed E-state index contributed by atoms with van der Waals surface area (Å²) in [6.45, 7) is 2.69. The van der Waals surface area contributed by atoms with Crippen molar-refractivity contribution in [3.05, 3.63) is 78.8 Å². The van der Waals surface area contributed by atoms with E-state index in [1.807, 2.05) is 79.7 Å². The number of fused-ring (bicyclic) bond motifs is 1. The molecule has 4 heterocycles. The van der Waals surface area contributed by atoms with Crippen LogP contribution in [0.3, 0.4) is 0 Å². The predicted molar refractivity (Wildman–Crippen MR) is 174 cm³/mol. The molecule has 1 atom stereocenters. The molecule has 4 aromatic rings. The molecule has 10 nitrogen and oxygen atoms in total. The van der Waals surface area contributed by atoms with Crippen LogP contribution in [0.15, 0.2) is 73.1 Å². The van der Waals surface area contributed by atoms with Crippen molar-refractivity contribution >= 4 is 22.8 Å². The van der Waals surface area contributed by atoms with Gasteiger partial charge in [-0.05, 0) is 56.3 Å². The fourth-order valence-corrected chi connectivity index (χ4v) is 5.82. The van der Waals surface area contributed by atoms with E-state index in [4.69, 9.17) is 15.2 Å². The van der Waals surface area contributed by atoms with Gasteiger partial charge in [0.2, 0.25) is 5.91 Å². The monoisotopic (exact) mass is 606 g/mol. The second-order valence-corrected chi connectivity index (χ2v) is 11.8. The summed E-state index contributed by atoms with van der Waals surface area (Å²) in [7, 11) is 3.91. The number of carbonyl (C=O) groups is 1. The van der Waals surface area contributed by atoms with Gasteiger partial charge in [-0.1, -0.05) is 42.3 Å². The van der Waals surface area contributed by atoms with Crippen LogP contribution in [-0.2, 0) is 9.53 Å². The molecule has 232 valence electrons. The van der Waals surface area contributed by atoms with Crippen LogP contribution in [0.1, 0.15) is 31.0 Å². The second kappa shape index (κ2) is 13.1. The summed E-state index contributed by atoms with van der Waals surface area (Å²) in [6.07, 6.45) is 6.42. The Hall–Kier alpha value is -4.69. The fraction of sp³-hybridized carbons (Fsp3) is 0.343. The number of aliphatic hydroxyl groups is 1. The van der Waals surface area contributed by atoms with Gasteiger partial charge in [-0.3, -0.25) is 4.79 Å². The van der Waals surface area contributed by atoms with E-state index < -0.39 is 5.60 Å². The zero-order valence-electron chi connectivity index (χ0n) is 25.6. The number of ether oxygens (including phenoxy) is 2. The number of likely N-dealkylation sites (tertiary alicyclic amines) is 1. The summed E-state index contributed by atoms with van der Waals surface area (Å²) in [5.41, 5.74) is 8.31. The van der Waals surface area contributed by atoms with Gasteiger partial charge in [0.15, 0.2) is 0 Å². The maximum Gasteiger partial charge on any atom is 0.246 e. The van der Waals surface area contributed by atoms with Crippen molar-refractivity contribution in [1.82, 2.24) is 24.3 Å². The number of anilines is 1. The highest BCUT2D eigenvalue weighted by atomic mass is 16.5. The molecule has 0 radical (unpaired) electrons. The number of hydrogen-bond donors (Lipinski definition) is 2. The third-order valence-corrected chi connectivity index (χ3v) is 8.25. The highest BCUT2D eigenvalue weighted by Gasteiger charge is 2.33. The van der Waals surface area contributed by atoms with Gasteiger partial charge < -0.3 is 34.7 Å². The van der Waals surface area contributed by atoms with E-state index in [-0.39, 0.29) is 11.9 Å². The third kappa shape index (κ3) is 6.71. The maximum atomic E-state index is 12.7. The number of amides is 1. The van der Waals surface area contributed by atoms with Crippen molar-refractivity contribution in [2.45, 2.75) is 30.9 Å². The molecule has 10 heteroatoms. The first-order valence-corrected chi connectivity index (χ1v) is 15.2. The third-order valence-electron chi connectivity index (χ3n) is 8.25. The van der Waals surface area contributed by atoms with Gasteiger partial charge in [-0.25, -0.2) is 9.97 Å². The lowest BCUT2D eigenvalue weighted by atomic mass is 9.91. The fourth-order valence-electron chi connectivity index (χ4n) is 5.82. The summed E-state index contributed by atoms with van der Waals surface area (Å²) in [5, 5.41) is 12.3. The topological polar surface area (TPSA) is 119 Å². The van der Waals surface area contributed by atoms with E-state index in [9.17, 15) is 9.90 Å². The average molecular weight is 607 g/mol. The van der Waals surface area contributed by atoms with Crippen molar-refractivity contribution in [3.63, 3.8) is 0 Å². The van der Waals surface area contributed by atoms with Gasteiger partial charge in [0.1, 0.15) is 40.6 Å². The number of carbonyl (C=O) groups excluding carboxylic acids is 1. The first-order valence-electron chi connectivity index (χ1n) is 15.2. The van der Waals surface area contributed by atoms with E-state index in [1.165, 1.54) is 6.33 Å². The van der Waals surface area contributed by atoms with Gasteiger partial charge in [-0.2, -0.15) is 0 Å². The van der Waals surface area contributed by atoms with Crippen LogP contribution >= 0.6 is 0 Å². The Bertz CT molecular complexity index is 1740. The first kappa shape index (κ1) is 30.3. The molecule has 2 aromatic heterocycles. The molecule has 3 N–H and O–H groups in total. The van der Waals surface area contributed by atoms with E-state index in [2.05, 4.69) is 26.4 Å². The molecule has 0 spiro atoms. The Morgan fingerprint density at radius 1 is 1.13 bits per heavy atom. The Morgan fingerprint density at radius 3 is 2.56 bits per heavy atom.